The SMILES string of the molecule is CSc1ccccc1NC(=O)CSc1nnc([C@@H](C)NC(=O)c2ccccc2F)n1C. The Bertz CT molecular complexity index is 1090. The Morgan fingerprint density at radius 3 is 2.58 bits per heavy atom. The number of hydrogen-bond donors (Lipinski definition) is 2. The van der Waals surface area contributed by atoms with Crippen LogP contribution in [0.2, 0.25) is 0 Å². The number of anilines is 1. The molecule has 1 heterocycles. The van der Waals surface area contributed by atoms with Crippen LogP contribution in [0.5, 0.6) is 0 Å². The van der Waals surface area contributed by atoms with Gasteiger partial charge < -0.3 is 15.2 Å². The van der Waals surface area contributed by atoms with Crippen molar-refractivity contribution in [1.82, 2.24) is 20.1 Å². The number of carbonyl (C=O) groups excluding carboxylic acids is 2. The van der Waals surface area contributed by atoms with Crippen LogP contribution in [0.15, 0.2) is 58.6 Å². The van der Waals surface area contributed by atoms with Gasteiger partial charge in [-0.1, -0.05) is 36.0 Å². The average molecular weight is 460 g/mol. The van der Waals surface area contributed by atoms with Gasteiger partial charge in [-0.2, -0.15) is 0 Å². The number of carbonyl (C=O) groups is 2. The van der Waals surface area contributed by atoms with E-state index >= 15 is 0 Å². The zero-order chi connectivity index (χ0) is 22.4. The van der Waals surface area contributed by atoms with E-state index in [0.717, 1.165) is 10.6 Å². The van der Waals surface area contributed by atoms with Crippen LogP contribution in [0.3, 0.4) is 0 Å². The zero-order valence-electron chi connectivity index (χ0n) is 17.3. The highest BCUT2D eigenvalue weighted by atomic mass is 32.2. The van der Waals surface area contributed by atoms with Crippen molar-refractivity contribution >= 4 is 41.0 Å². The lowest BCUT2D eigenvalue weighted by Gasteiger charge is -2.14. The number of hydrogen-bond acceptors (Lipinski definition) is 6. The first-order valence-corrected chi connectivity index (χ1v) is 11.6. The Labute approximate surface area is 188 Å². The second-order valence-electron chi connectivity index (χ2n) is 6.61. The molecule has 3 aromatic rings. The van der Waals surface area contributed by atoms with Gasteiger partial charge in [0.15, 0.2) is 11.0 Å². The average Bonchev–Trinajstić information content (AvgIpc) is 3.13. The minimum absolute atomic E-state index is 0.0340. The molecule has 0 radical (unpaired) electrons. The van der Waals surface area contributed by atoms with Crippen LogP contribution in [0.4, 0.5) is 10.1 Å². The van der Waals surface area contributed by atoms with Crippen LogP contribution in [0.25, 0.3) is 0 Å². The first-order chi connectivity index (χ1) is 14.9. The van der Waals surface area contributed by atoms with Crippen molar-refractivity contribution in [1.29, 1.82) is 0 Å². The molecule has 31 heavy (non-hydrogen) atoms. The van der Waals surface area contributed by atoms with E-state index < -0.39 is 17.8 Å². The van der Waals surface area contributed by atoms with E-state index in [1.807, 2.05) is 30.5 Å². The summed E-state index contributed by atoms with van der Waals surface area (Å²) in [4.78, 5) is 25.7. The second-order valence-corrected chi connectivity index (χ2v) is 8.40. The highest BCUT2D eigenvalue weighted by molar-refractivity contribution is 7.99. The van der Waals surface area contributed by atoms with Gasteiger partial charge in [0, 0.05) is 11.9 Å². The number of halogens is 1. The number of nitrogens with zero attached hydrogens (tertiary/aromatic N) is 3. The zero-order valence-corrected chi connectivity index (χ0v) is 18.9. The van der Waals surface area contributed by atoms with Gasteiger partial charge >= 0.3 is 0 Å². The molecular weight excluding hydrogens is 437 g/mol. The van der Waals surface area contributed by atoms with E-state index in [1.54, 1.807) is 36.4 Å². The Balaban J connectivity index is 1.60. The fraction of sp³-hybridized carbons (Fsp3) is 0.238. The maximum Gasteiger partial charge on any atom is 0.254 e. The monoisotopic (exact) mass is 459 g/mol. The van der Waals surface area contributed by atoms with Crippen molar-refractivity contribution in [2.75, 3.05) is 17.3 Å². The van der Waals surface area contributed by atoms with Crippen LogP contribution >= 0.6 is 23.5 Å². The third kappa shape index (κ3) is 5.65. The minimum Gasteiger partial charge on any atom is -0.342 e. The normalized spacial score (nSPS) is 11.7. The molecule has 0 aliphatic rings. The van der Waals surface area contributed by atoms with Gasteiger partial charge in [-0.15, -0.1) is 22.0 Å². The van der Waals surface area contributed by atoms with E-state index in [9.17, 15) is 14.0 Å². The lowest BCUT2D eigenvalue weighted by Crippen LogP contribution is -2.29. The summed E-state index contributed by atoms with van der Waals surface area (Å²) in [5.41, 5.74) is 0.733. The first-order valence-electron chi connectivity index (χ1n) is 9.41. The van der Waals surface area contributed by atoms with E-state index in [0.29, 0.717) is 11.0 Å². The second kappa shape index (κ2) is 10.5. The number of nitrogens with one attached hydrogen (secondary N) is 2. The van der Waals surface area contributed by atoms with Crippen molar-refractivity contribution in [3.8, 4) is 0 Å². The third-order valence-electron chi connectivity index (χ3n) is 4.44. The molecule has 162 valence electrons. The van der Waals surface area contributed by atoms with Crippen LogP contribution in [0, 0.1) is 5.82 Å². The summed E-state index contributed by atoms with van der Waals surface area (Å²) in [6.07, 6.45) is 1.95. The third-order valence-corrected chi connectivity index (χ3v) is 6.25. The molecular formula is C21H22FN5O2S2. The van der Waals surface area contributed by atoms with Gasteiger partial charge in [-0.3, -0.25) is 9.59 Å². The highest BCUT2D eigenvalue weighted by Crippen LogP contribution is 2.25. The molecule has 1 aromatic heterocycles. The molecule has 0 bridgehead atoms. The molecule has 7 nitrogen and oxygen atoms in total. The fourth-order valence-electron chi connectivity index (χ4n) is 2.88. The summed E-state index contributed by atoms with van der Waals surface area (Å²) in [6.45, 7) is 1.74. The summed E-state index contributed by atoms with van der Waals surface area (Å²) in [5, 5.41) is 14.4. The molecule has 0 saturated carbocycles. The molecule has 1 atom stereocenters. The molecule has 10 heteroatoms. The van der Waals surface area contributed by atoms with E-state index in [4.69, 9.17) is 0 Å². The Morgan fingerprint density at radius 1 is 1.13 bits per heavy atom. The lowest BCUT2D eigenvalue weighted by atomic mass is 10.2. The van der Waals surface area contributed by atoms with Gasteiger partial charge in [-0.05, 0) is 37.4 Å². The quantitative estimate of drug-likeness (QED) is 0.497. The van der Waals surface area contributed by atoms with Gasteiger partial charge in [-0.25, -0.2) is 4.39 Å². The number of para-hydroxylation sites is 1. The number of aromatic nitrogens is 3. The standard InChI is InChI=1S/C21H22FN5O2S2/c1-13(23-20(29)14-8-4-5-9-15(14)22)19-25-26-21(27(19)2)31-12-18(28)24-16-10-6-7-11-17(16)30-3/h4-11,13H,12H2,1-3H3,(H,23,29)(H,24,28)/t13-/m1/s1. The predicted molar refractivity (Wildman–Crippen MR) is 121 cm³/mol. The molecule has 2 amide bonds. The summed E-state index contributed by atoms with van der Waals surface area (Å²) < 4.78 is 15.5. The highest BCUT2D eigenvalue weighted by Gasteiger charge is 2.20. The smallest absolute Gasteiger partial charge is 0.254 e. The largest absolute Gasteiger partial charge is 0.342 e. The summed E-state index contributed by atoms with van der Waals surface area (Å²) in [6, 6.07) is 12.9. The number of benzene rings is 2. The number of thioether (sulfide) groups is 2. The summed E-state index contributed by atoms with van der Waals surface area (Å²) in [5.74, 6) is -0.618. The van der Waals surface area contributed by atoms with Crippen LogP contribution in [0.1, 0.15) is 29.1 Å². The molecule has 3 rings (SSSR count). The molecule has 0 fully saturated rings. The van der Waals surface area contributed by atoms with E-state index in [-0.39, 0.29) is 17.2 Å². The topological polar surface area (TPSA) is 88.9 Å². The minimum atomic E-state index is -0.588. The number of amides is 2. The van der Waals surface area contributed by atoms with Gasteiger partial charge in [0.1, 0.15) is 5.82 Å². The van der Waals surface area contributed by atoms with Crippen molar-refractivity contribution in [2.24, 2.45) is 7.05 Å². The molecule has 0 aliphatic carbocycles. The van der Waals surface area contributed by atoms with E-state index in [1.165, 1.54) is 30.0 Å². The van der Waals surface area contributed by atoms with Crippen molar-refractivity contribution in [2.45, 2.75) is 23.0 Å². The van der Waals surface area contributed by atoms with Crippen molar-refractivity contribution in [3.05, 3.63) is 65.7 Å². The van der Waals surface area contributed by atoms with Crippen molar-refractivity contribution < 1.29 is 14.0 Å². The fourth-order valence-corrected chi connectivity index (χ4v) is 4.15. The Kier molecular flexibility index (Phi) is 7.69. The maximum absolute atomic E-state index is 13.8. The Hall–Kier alpha value is -2.85. The maximum atomic E-state index is 13.8. The van der Waals surface area contributed by atoms with Crippen LogP contribution in [-0.2, 0) is 11.8 Å². The molecule has 0 unspecified atom stereocenters. The Morgan fingerprint density at radius 2 is 1.84 bits per heavy atom. The van der Waals surface area contributed by atoms with Crippen molar-refractivity contribution in [3.63, 3.8) is 0 Å². The van der Waals surface area contributed by atoms with Gasteiger partial charge in [0.2, 0.25) is 5.91 Å². The summed E-state index contributed by atoms with van der Waals surface area (Å²) >= 11 is 2.80. The molecule has 0 spiro atoms. The lowest BCUT2D eigenvalue weighted by molar-refractivity contribution is -0.113. The summed E-state index contributed by atoms with van der Waals surface area (Å²) in [7, 11) is 1.75. The molecule has 2 N–H and O–H groups in total. The molecule has 0 saturated heterocycles. The molecule has 2 aromatic carbocycles. The van der Waals surface area contributed by atoms with Crippen LogP contribution < -0.4 is 10.6 Å². The van der Waals surface area contributed by atoms with Gasteiger partial charge in [0.25, 0.3) is 5.91 Å². The predicted octanol–water partition coefficient (Wildman–Crippen LogP) is 3.90. The number of rotatable bonds is 8. The van der Waals surface area contributed by atoms with Crippen LogP contribution in [-0.4, -0.2) is 38.6 Å². The van der Waals surface area contributed by atoms with E-state index in [2.05, 4.69) is 20.8 Å². The molecule has 0 aliphatic heterocycles. The van der Waals surface area contributed by atoms with Gasteiger partial charge in [0.05, 0.1) is 23.0 Å². The first kappa shape index (κ1) is 22.8.